The molecule has 1 fully saturated rings. The largest absolute Gasteiger partial charge is 0.308 e. The van der Waals surface area contributed by atoms with Crippen LogP contribution in [0.1, 0.15) is 59.8 Å². The third-order valence-electron chi connectivity index (χ3n) is 4.93. The Bertz CT molecular complexity index is 460. The van der Waals surface area contributed by atoms with E-state index in [-0.39, 0.29) is 0 Å². The smallest absolute Gasteiger partial charge is 0.0182 e. The highest BCUT2D eigenvalue weighted by molar-refractivity contribution is 5.32. The van der Waals surface area contributed by atoms with Gasteiger partial charge in [-0.2, -0.15) is 0 Å². The van der Waals surface area contributed by atoms with E-state index in [4.69, 9.17) is 0 Å². The van der Waals surface area contributed by atoms with Crippen molar-refractivity contribution >= 4 is 0 Å². The molecule has 0 heterocycles. The summed E-state index contributed by atoms with van der Waals surface area (Å²) in [6.07, 6.45) is 19.9. The normalized spacial score (nSPS) is 26.0. The zero-order valence-corrected chi connectivity index (χ0v) is 14.2. The van der Waals surface area contributed by atoms with Crippen LogP contribution in [0.4, 0.5) is 0 Å². The lowest BCUT2D eigenvalue weighted by Crippen LogP contribution is -2.38. The van der Waals surface area contributed by atoms with Gasteiger partial charge in [0.15, 0.2) is 0 Å². The molecular formula is C20H31N. The molecule has 116 valence electrons. The molecule has 0 aliphatic heterocycles. The van der Waals surface area contributed by atoms with Crippen LogP contribution >= 0.6 is 0 Å². The van der Waals surface area contributed by atoms with Gasteiger partial charge in [0, 0.05) is 17.5 Å². The second-order valence-electron chi connectivity index (χ2n) is 6.69. The highest BCUT2D eigenvalue weighted by atomic mass is 15.0. The summed E-state index contributed by atoms with van der Waals surface area (Å²) >= 11 is 0. The molecule has 1 nitrogen and oxygen atoms in total. The second kappa shape index (κ2) is 7.26. The summed E-state index contributed by atoms with van der Waals surface area (Å²) < 4.78 is 0. The lowest BCUT2D eigenvalue weighted by atomic mass is 9.85. The van der Waals surface area contributed by atoms with Crippen molar-refractivity contribution in [3.05, 3.63) is 47.6 Å². The summed E-state index contributed by atoms with van der Waals surface area (Å²) in [6.45, 7) is 8.88. The van der Waals surface area contributed by atoms with Crippen LogP contribution in [-0.4, -0.2) is 11.6 Å². The van der Waals surface area contributed by atoms with Crippen LogP contribution in [0.25, 0.3) is 0 Å². The van der Waals surface area contributed by atoms with E-state index in [2.05, 4.69) is 69.5 Å². The van der Waals surface area contributed by atoms with Crippen molar-refractivity contribution < 1.29 is 0 Å². The topological polar surface area (TPSA) is 12.0 Å². The van der Waals surface area contributed by atoms with Crippen LogP contribution in [0, 0.1) is 5.92 Å². The first kappa shape index (κ1) is 16.3. The van der Waals surface area contributed by atoms with Crippen molar-refractivity contribution in [3.8, 4) is 0 Å². The highest BCUT2D eigenvalue weighted by Crippen LogP contribution is 2.39. The van der Waals surface area contributed by atoms with Crippen molar-refractivity contribution in [1.82, 2.24) is 5.32 Å². The van der Waals surface area contributed by atoms with Gasteiger partial charge in [0.1, 0.15) is 0 Å². The molecule has 0 bridgehead atoms. The fraction of sp³-hybridized carbons (Fsp3) is 0.600. The maximum absolute atomic E-state index is 3.85. The van der Waals surface area contributed by atoms with Crippen LogP contribution < -0.4 is 5.32 Å². The van der Waals surface area contributed by atoms with Gasteiger partial charge in [0.25, 0.3) is 0 Å². The number of hydrogen-bond acceptors (Lipinski definition) is 1. The van der Waals surface area contributed by atoms with Crippen LogP contribution in [0.2, 0.25) is 0 Å². The fourth-order valence-electron chi connectivity index (χ4n) is 3.47. The molecule has 1 N–H and O–H groups in total. The lowest BCUT2D eigenvalue weighted by Gasteiger charge is -2.25. The third kappa shape index (κ3) is 4.44. The van der Waals surface area contributed by atoms with Gasteiger partial charge in [0.05, 0.1) is 0 Å². The van der Waals surface area contributed by atoms with E-state index in [1.807, 2.05) is 0 Å². The molecule has 0 aromatic carbocycles. The molecule has 0 saturated heterocycles. The van der Waals surface area contributed by atoms with E-state index < -0.39 is 0 Å². The summed E-state index contributed by atoms with van der Waals surface area (Å²) in [5, 5.41) is 3.85. The molecule has 2 aliphatic rings. The molecule has 21 heavy (non-hydrogen) atoms. The van der Waals surface area contributed by atoms with Crippen molar-refractivity contribution in [2.75, 3.05) is 0 Å². The molecule has 1 heteroatoms. The number of hydrogen-bond donors (Lipinski definition) is 1. The van der Waals surface area contributed by atoms with E-state index in [0.29, 0.717) is 17.5 Å². The maximum Gasteiger partial charge on any atom is 0.0182 e. The molecule has 1 saturated carbocycles. The Balaban J connectivity index is 1.90. The van der Waals surface area contributed by atoms with Crippen molar-refractivity contribution in [3.63, 3.8) is 0 Å². The summed E-state index contributed by atoms with van der Waals surface area (Å²) in [6, 6.07) is 0.585. The SMILES string of the molecule is C/C=C\C(=C/C)C1C=CC=C(CC(C)NC2(CC)CC2)C1. The number of nitrogens with one attached hydrogen (secondary N) is 1. The standard InChI is InChI=1S/C20H31N/c1-5-9-18(6-2)19-11-8-10-17(15-19)14-16(4)21-20(7-3)12-13-20/h5-6,8-11,16,19,21H,7,12-15H2,1-4H3/b9-5-,18-6+. The van der Waals surface area contributed by atoms with Crippen LogP contribution in [0.5, 0.6) is 0 Å². The highest BCUT2D eigenvalue weighted by Gasteiger charge is 2.41. The lowest BCUT2D eigenvalue weighted by molar-refractivity contribution is 0.412. The third-order valence-corrected chi connectivity index (χ3v) is 4.93. The first-order valence-electron chi connectivity index (χ1n) is 8.55. The van der Waals surface area contributed by atoms with Gasteiger partial charge in [-0.15, -0.1) is 0 Å². The molecule has 0 amide bonds. The van der Waals surface area contributed by atoms with Crippen LogP contribution in [0.15, 0.2) is 47.6 Å². The van der Waals surface area contributed by atoms with Gasteiger partial charge in [0.2, 0.25) is 0 Å². The van der Waals surface area contributed by atoms with E-state index in [0.717, 1.165) is 0 Å². The van der Waals surface area contributed by atoms with Crippen LogP contribution in [0.3, 0.4) is 0 Å². The van der Waals surface area contributed by atoms with Crippen molar-refractivity contribution in [2.45, 2.75) is 71.4 Å². The second-order valence-corrected chi connectivity index (χ2v) is 6.69. The molecule has 2 unspecified atom stereocenters. The first-order chi connectivity index (χ1) is 10.1. The fourth-order valence-corrected chi connectivity index (χ4v) is 3.47. The van der Waals surface area contributed by atoms with E-state index in [1.54, 1.807) is 5.57 Å². The Morgan fingerprint density at radius 1 is 1.43 bits per heavy atom. The maximum atomic E-state index is 3.85. The quantitative estimate of drug-likeness (QED) is 0.624. The summed E-state index contributed by atoms with van der Waals surface area (Å²) in [4.78, 5) is 0. The average molecular weight is 285 g/mol. The Kier molecular flexibility index (Phi) is 5.64. The molecular weight excluding hydrogens is 254 g/mol. The number of rotatable bonds is 7. The van der Waals surface area contributed by atoms with Crippen LogP contribution in [-0.2, 0) is 0 Å². The molecule has 0 spiro atoms. The van der Waals surface area contributed by atoms with Gasteiger partial charge in [-0.05, 0) is 58.4 Å². The Morgan fingerprint density at radius 3 is 2.76 bits per heavy atom. The summed E-state index contributed by atoms with van der Waals surface area (Å²) in [7, 11) is 0. The number of allylic oxidation sites excluding steroid dienone is 7. The van der Waals surface area contributed by atoms with E-state index in [9.17, 15) is 0 Å². The van der Waals surface area contributed by atoms with Gasteiger partial charge < -0.3 is 5.32 Å². The first-order valence-corrected chi connectivity index (χ1v) is 8.55. The Morgan fingerprint density at radius 2 is 2.19 bits per heavy atom. The molecule has 2 rings (SSSR count). The van der Waals surface area contributed by atoms with Gasteiger partial charge in [-0.25, -0.2) is 0 Å². The minimum Gasteiger partial charge on any atom is -0.308 e. The monoisotopic (exact) mass is 285 g/mol. The Labute approximate surface area is 130 Å². The predicted molar refractivity (Wildman–Crippen MR) is 93.4 cm³/mol. The van der Waals surface area contributed by atoms with Gasteiger partial charge in [-0.1, -0.05) is 49.0 Å². The minimum absolute atomic E-state index is 0.476. The molecule has 0 aromatic rings. The summed E-state index contributed by atoms with van der Waals surface area (Å²) in [5.74, 6) is 0.555. The summed E-state index contributed by atoms with van der Waals surface area (Å²) in [5.41, 5.74) is 3.49. The molecule has 2 atom stereocenters. The van der Waals surface area contributed by atoms with Gasteiger partial charge >= 0.3 is 0 Å². The zero-order valence-electron chi connectivity index (χ0n) is 14.2. The Hall–Kier alpha value is -1.08. The van der Waals surface area contributed by atoms with Crippen molar-refractivity contribution in [1.29, 1.82) is 0 Å². The van der Waals surface area contributed by atoms with E-state index in [1.165, 1.54) is 37.7 Å². The van der Waals surface area contributed by atoms with E-state index >= 15 is 0 Å². The average Bonchev–Trinajstić information content (AvgIpc) is 3.25. The predicted octanol–water partition coefficient (Wildman–Crippen LogP) is 5.32. The zero-order chi connectivity index (χ0) is 15.3. The van der Waals surface area contributed by atoms with Gasteiger partial charge in [-0.3, -0.25) is 0 Å². The van der Waals surface area contributed by atoms with Crippen molar-refractivity contribution in [2.24, 2.45) is 5.92 Å². The molecule has 2 aliphatic carbocycles. The molecule has 0 aromatic heterocycles. The molecule has 0 radical (unpaired) electrons. The minimum atomic E-state index is 0.476.